The topological polar surface area (TPSA) is 74.8 Å². The van der Waals surface area contributed by atoms with Gasteiger partial charge in [0, 0.05) is 5.30 Å². The third-order valence-electron chi connectivity index (χ3n) is 5.10. The summed E-state index contributed by atoms with van der Waals surface area (Å²) >= 11 is 0. The summed E-state index contributed by atoms with van der Waals surface area (Å²) in [6, 6.07) is 26.1. The molecule has 0 aromatic heterocycles. The predicted molar refractivity (Wildman–Crippen MR) is 125 cm³/mol. The van der Waals surface area contributed by atoms with Crippen LogP contribution in [0.15, 0.2) is 91.0 Å². The summed E-state index contributed by atoms with van der Waals surface area (Å²) in [5, 5.41) is 0.660. The second kappa shape index (κ2) is 8.45. The lowest BCUT2D eigenvalue weighted by Gasteiger charge is -2.29. The Labute approximate surface area is 185 Å². The van der Waals surface area contributed by atoms with Gasteiger partial charge in [-0.1, -0.05) is 91.0 Å². The van der Waals surface area contributed by atoms with Crippen LogP contribution in [-0.4, -0.2) is 37.5 Å². The highest BCUT2D eigenvalue weighted by Crippen LogP contribution is 2.65. The highest BCUT2D eigenvalue weighted by Gasteiger charge is 2.56. The summed E-state index contributed by atoms with van der Waals surface area (Å²) in [6.45, 7) is 0. The van der Waals surface area contributed by atoms with Crippen LogP contribution in [0.2, 0.25) is 0 Å². The summed E-state index contributed by atoms with van der Waals surface area (Å²) in [4.78, 5) is 0. The van der Waals surface area contributed by atoms with E-state index in [9.17, 15) is 16.8 Å². The normalized spacial score (nSPS) is 21.4. The van der Waals surface area contributed by atoms with Crippen LogP contribution < -0.4 is 5.30 Å². The smallest absolute Gasteiger partial charge is 0.212 e. The second-order valence-electron chi connectivity index (χ2n) is 7.41. The molecule has 0 aliphatic carbocycles. The molecule has 31 heavy (non-hydrogen) atoms. The number of hydrogen-bond acceptors (Lipinski definition) is 4. The van der Waals surface area contributed by atoms with Gasteiger partial charge < -0.3 is 0 Å². The van der Waals surface area contributed by atoms with E-state index in [-0.39, 0.29) is 0 Å². The first kappa shape index (κ1) is 22.1. The van der Waals surface area contributed by atoms with Crippen LogP contribution in [0, 0.1) is 0 Å². The van der Waals surface area contributed by atoms with Crippen LogP contribution in [0.4, 0.5) is 0 Å². The van der Waals surface area contributed by atoms with Gasteiger partial charge in [-0.2, -0.15) is 8.15 Å². The van der Waals surface area contributed by atoms with E-state index in [1.54, 1.807) is 24.3 Å². The van der Waals surface area contributed by atoms with Gasteiger partial charge in [-0.05, 0) is 11.1 Å². The Hall–Kier alpha value is -2.09. The fourth-order valence-electron chi connectivity index (χ4n) is 3.97. The van der Waals surface area contributed by atoms with Crippen molar-refractivity contribution < 1.29 is 16.8 Å². The minimum atomic E-state index is -3.78. The maximum Gasteiger partial charge on any atom is 0.216 e. The summed E-state index contributed by atoms with van der Waals surface area (Å²) in [5.41, 5.74) is 1.49. The molecule has 9 heteroatoms. The zero-order valence-electron chi connectivity index (χ0n) is 17.1. The molecule has 162 valence electrons. The Balaban J connectivity index is 2.07. The summed E-state index contributed by atoms with van der Waals surface area (Å²) in [6.07, 6.45) is 2.30. The zero-order chi connectivity index (χ0) is 22.2. The lowest BCUT2D eigenvalue weighted by atomic mass is 9.95. The van der Waals surface area contributed by atoms with E-state index in [2.05, 4.69) is 0 Å². The van der Waals surface area contributed by atoms with Gasteiger partial charge in [0.1, 0.15) is 8.22 Å². The van der Waals surface area contributed by atoms with Gasteiger partial charge in [-0.15, -0.1) is 0 Å². The molecule has 0 saturated carbocycles. The number of benzene rings is 3. The maximum atomic E-state index is 13.2. The molecule has 1 saturated heterocycles. The van der Waals surface area contributed by atoms with Gasteiger partial charge in [0.2, 0.25) is 20.0 Å². The van der Waals surface area contributed by atoms with Crippen molar-refractivity contribution in [3.05, 3.63) is 102 Å². The molecular weight excluding hydrogens is 451 g/mol. The molecule has 0 amide bonds. The van der Waals surface area contributed by atoms with Crippen molar-refractivity contribution in [3.63, 3.8) is 0 Å². The quantitative estimate of drug-likeness (QED) is 0.529. The van der Waals surface area contributed by atoms with Crippen LogP contribution in [0.25, 0.3) is 0 Å². The van der Waals surface area contributed by atoms with Crippen molar-refractivity contribution in [3.8, 4) is 0 Å². The minimum absolute atomic E-state index is 0.660. The summed E-state index contributed by atoms with van der Waals surface area (Å²) in [5.74, 6) is 0. The van der Waals surface area contributed by atoms with Crippen LogP contribution in [0.1, 0.15) is 23.2 Å². The first-order valence-corrected chi connectivity index (χ1v) is 14.6. The molecule has 1 aliphatic heterocycles. The molecule has 1 heterocycles. The highest BCUT2D eigenvalue weighted by molar-refractivity contribution is 7.99. The van der Waals surface area contributed by atoms with E-state index >= 15 is 0 Å². The Morgan fingerprint density at radius 3 is 1.23 bits per heavy atom. The van der Waals surface area contributed by atoms with E-state index in [4.69, 9.17) is 0 Å². The lowest BCUT2D eigenvalue weighted by molar-refractivity contribution is 0.380. The fraction of sp³-hybridized carbons (Fsp3) is 0.182. The lowest BCUT2D eigenvalue weighted by Crippen LogP contribution is -2.30. The molecule has 4 rings (SSSR count). The largest absolute Gasteiger partial charge is 0.216 e. The van der Waals surface area contributed by atoms with Gasteiger partial charge in [0.25, 0.3) is 0 Å². The molecular formula is C22H23N2O4PS2. The molecule has 0 radical (unpaired) electrons. The van der Waals surface area contributed by atoms with Crippen LogP contribution in [0.3, 0.4) is 0 Å². The molecule has 3 aromatic rings. The second-order valence-corrected chi connectivity index (χ2v) is 13.6. The van der Waals surface area contributed by atoms with Gasteiger partial charge in [-0.25, -0.2) is 16.8 Å². The molecule has 1 fully saturated rings. The minimum Gasteiger partial charge on any atom is -0.212 e. The SMILES string of the molecule is CS(=O)(=O)N1[C@H](c2ccccc2)[C@@H](c2ccccc2)N(S(C)(=O)=O)P1c1ccccc1. The first-order chi connectivity index (χ1) is 14.7. The molecule has 2 atom stereocenters. The predicted octanol–water partition coefficient (Wildman–Crippen LogP) is 3.64. The van der Waals surface area contributed by atoms with Crippen molar-refractivity contribution in [1.29, 1.82) is 0 Å². The average Bonchev–Trinajstić information content (AvgIpc) is 3.13. The van der Waals surface area contributed by atoms with Crippen molar-refractivity contribution >= 4 is 33.6 Å². The fourth-order valence-corrected chi connectivity index (χ4v) is 10.7. The monoisotopic (exact) mass is 474 g/mol. The molecule has 3 aromatic carbocycles. The zero-order valence-corrected chi connectivity index (χ0v) is 19.6. The Bertz CT molecular complexity index is 1170. The maximum absolute atomic E-state index is 13.2. The van der Waals surface area contributed by atoms with Gasteiger partial charge in [0.15, 0.2) is 0 Å². The van der Waals surface area contributed by atoms with Gasteiger partial charge >= 0.3 is 0 Å². The van der Waals surface area contributed by atoms with Crippen LogP contribution in [-0.2, 0) is 20.0 Å². The Kier molecular flexibility index (Phi) is 6.03. The van der Waals surface area contributed by atoms with Crippen molar-refractivity contribution in [1.82, 2.24) is 8.15 Å². The molecule has 0 bridgehead atoms. The summed E-state index contributed by atoms with van der Waals surface area (Å²) < 4.78 is 55.5. The first-order valence-electron chi connectivity index (χ1n) is 9.63. The van der Waals surface area contributed by atoms with Crippen molar-refractivity contribution in [2.45, 2.75) is 12.1 Å². The van der Waals surface area contributed by atoms with Crippen molar-refractivity contribution in [2.24, 2.45) is 0 Å². The Morgan fingerprint density at radius 1 is 0.581 bits per heavy atom. The third kappa shape index (κ3) is 4.31. The Morgan fingerprint density at radius 2 is 0.903 bits per heavy atom. The van der Waals surface area contributed by atoms with E-state index in [0.29, 0.717) is 5.30 Å². The standard InChI is InChI=1S/C22H23N2O4PS2/c1-30(25,26)23-21(18-12-6-3-7-13-18)22(19-14-8-4-9-15-19)24(31(2,27)28)29(23)20-16-10-5-11-17-20/h3-17,21-22H,1-2H3/t21-,22-/m1/s1. The summed E-state index contributed by atoms with van der Waals surface area (Å²) in [7, 11) is -9.43. The number of hydrogen-bond donors (Lipinski definition) is 0. The number of sulfonamides is 2. The average molecular weight is 475 g/mol. The number of rotatable bonds is 5. The van der Waals surface area contributed by atoms with Crippen LogP contribution in [0.5, 0.6) is 0 Å². The van der Waals surface area contributed by atoms with E-state index < -0.39 is 40.4 Å². The van der Waals surface area contributed by atoms with Crippen molar-refractivity contribution in [2.75, 3.05) is 12.5 Å². The molecule has 0 spiro atoms. The van der Waals surface area contributed by atoms with Crippen LogP contribution >= 0.6 is 8.22 Å². The molecule has 1 aliphatic rings. The van der Waals surface area contributed by atoms with E-state index in [1.807, 2.05) is 66.7 Å². The third-order valence-corrected chi connectivity index (χ3v) is 11.6. The molecule has 0 N–H and O–H groups in total. The van der Waals surface area contributed by atoms with Gasteiger partial charge in [0.05, 0.1) is 24.6 Å². The number of nitrogens with zero attached hydrogens (tertiary/aromatic N) is 2. The molecule has 6 nitrogen and oxygen atoms in total. The van der Waals surface area contributed by atoms with E-state index in [1.165, 1.54) is 8.15 Å². The van der Waals surface area contributed by atoms with E-state index in [0.717, 1.165) is 23.6 Å². The highest BCUT2D eigenvalue weighted by atomic mass is 32.2. The van der Waals surface area contributed by atoms with Gasteiger partial charge in [-0.3, -0.25) is 0 Å². The molecule has 0 unspecified atom stereocenters.